The molecule has 0 amide bonds. The number of esters is 1. The van der Waals surface area contributed by atoms with Crippen molar-refractivity contribution in [3.05, 3.63) is 23.3 Å². The number of rotatable bonds is 20. The third-order valence-electron chi connectivity index (χ3n) is 22.4. The predicted octanol–water partition coefficient (Wildman–Crippen LogP) is -4.44. The van der Waals surface area contributed by atoms with Gasteiger partial charge in [0.05, 0.1) is 38.6 Å². The number of aliphatic hydroxyl groups excluding tert-OH is 11. The van der Waals surface area contributed by atoms with E-state index in [0.29, 0.717) is 25.7 Å². The minimum atomic E-state index is -5.51. The molecule has 5 saturated heterocycles. The maximum Gasteiger partial charge on any atom is 1.00 e. The van der Waals surface area contributed by atoms with Crippen LogP contribution in [0, 0.1) is 39.4 Å². The van der Waals surface area contributed by atoms with E-state index in [2.05, 4.69) is 40.7 Å². The number of hydrogen-bond acceptors (Lipinski definition) is 29. The van der Waals surface area contributed by atoms with Crippen LogP contribution in [0.1, 0.15) is 121 Å². The van der Waals surface area contributed by atoms with Crippen molar-refractivity contribution >= 4 is 16.4 Å². The van der Waals surface area contributed by atoms with Crippen molar-refractivity contribution < 1.29 is 170 Å². The summed E-state index contributed by atoms with van der Waals surface area (Å²) in [6, 6.07) is 0. The fourth-order valence-electron chi connectivity index (χ4n) is 17.2. The van der Waals surface area contributed by atoms with Crippen molar-refractivity contribution in [1.82, 2.24) is 0 Å². The van der Waals surface area contributed by atoms with Crippen LogP contribution < -0.4 is 29.6 Å². The largest absolute Gasteiger partial charge is 1.00 e. The molecule has 0 aromatic carbocycles. The number of allylic oxidation sites excluding steroid dienone is 3. The van der Waals surface area contributed by atoms with Crippen molar-refractivity contribution in [3.8, 4) is 0 Å². The van der Waals surface area contributed by atoms with Crippen molar-refractivity contribution in [2.24, 2.45) is 39.4 Å². The molecule has 0 aromatic rings. The first-order chi connectivity index (χ1) is 42.5. The van der Waals surface area contributed by atoms with Gasteiger partial charge in [-0.15, -0.1) is 0 Å². The number of fused-ring (bicyclic) bond motifs is 5. The molecular weight excluding hydrogens is 1250 g/mol. The molecule has 5 aliphatic heterocycles. The summed E-state index contributed by atoms with van der Waals surface area (Å²) in [5.41, 5.74) is -0.532. The normalized spacial score (nSPS) is 48.1. The molecule has 29 nitrogen and oxygen atoms in total. The number of hydrogen-bond donors (Lipinski definition) is 12. The van der Waals surface area contributed by atoms with Crippen LogP contribution in [-0.4, -0.2) is 273 Å². The number of methoxy groups -OCH3 is 1. The summed E-state index contributed by atoms with van der Waals surface area (Å²) >= 11 is 0. The van der Waals surface area contributed by atoms with Gasteiger partial charge < -0.3 is 123 Å². The predicted molar refractivity (Wildman–Crippen MR) is 308 cm³/mol. The van der Waals surface area contributed by atoms with Gasteiger partial charge in [0.1, 0.15) is 115 Å². The van der Waals surface area contributed by atoms with Crippen molar-refractivity contribution in [2.45, 2.75) is 280 Å². The van der Waals surface area contributed by atoms with Crippen molar-refractivity contribution in [1.29, 1.82) is 0 Å². The Kier molecular flexibility index (Phi) is 24.7. The Hall–Kier alpha value is -1.10. The zero-order chi connectivity index (χ0) is 67.0. The van der Waals surface area contributed by atoms with E-state index >= 15 is 0 Å². The third kappa shape index (κ3) is 14.6. The molecule has 9 rings (SSSR count). The topological polar surface area (TPSA) is 437 Å². The van der Waals surface area contributed by atoms with E-state index in [1.54, 1.807) is 0 Å². The summed E-state index contributed by atoms with van der Waals surface area (Å²) < 4.78 is 113. The second kappa shape index (κ2) is 29.6. The molecule has 32 atom stereocenters. The van der Waals surface area contributed by atoms with Crippen LogP contribution >= 0.6 is 0 Å². The number of aliphatic hydroxyl groups is 12. The van der Waals surface area contributed by atoms with E-state index in [4.69, 9.17) is 61.0 Å². The molecule has 92 heavy (non-hydrogen) atoms. The standard InChI is InChI=1S/C61H100O29S.Na/c1-26(2)12-15-38(82-28(4)64)61(10,74)36-17-21-59(8)30-13-14-35-57(5,6)37(18-19-58(35,7)29(30)16-20-60(36,59)9)85-55-50(42(69)34(25-80-55)90-91(75,76)77)89-56-51(88-52-43(70)39(66)31(65)24-79-52)44(71)47(27(3)81-56)86-54-46(73)49(41(68)33(23-63)84-54)87-53-45(72)48(78-11)40(67)32(22-62)83-53;/h12,16,27,30-56,62-63,65-74H,13-15,17-25H2,1-11H3,(H,75,76,77);/q;+1/p-1/t27-,30-,31-,32-,33-,34-,35?,36+,37?,38-,39+,40-,41-,42+,43-,44+,45-,46-,47-,48+,49+,50-,51-,52+,53+,54+,55+,56+,58-,59+,60-,61-;/m1./s1. The monoisotopic (exact) mass is 1350 g/mol. The smallest absolute Gasteiger partial charge is 0.726 e. The molecule has 31 heteroatoms. The summed E-state index contributed by atoms with van der Waals surface area (Å²) in [5.74, 6) is -0.492. The molecule has 3 saturated carbocycles. The van der Waals surface area contributed by atoms with Gasteiger partial charge in [-0.05, 0) is 112 Å². The van der Waals surface area contributed by atoms with Gasteiger partial charge in [0.15, 0.2) is 31.5 Å². The van der Waals surface area contributed by atoms with Crippen molar-refractivity contribution in [3.63, 3.8) is 0 Å². The van der Waals surface area contributed by atoms with Gasteiger partial charge in [-0.1, -0.05) is 57.9 Å². The van der Waals surface area contributed by atoms with E-state index in [1.807, 2.05) is 26.8 Å². The van der Waals surface area contributed by atoms with Crippen LogP contribution in [0.4, 0.5) is 0 Å². The van der Waals surface area contributed by atoms with Crippen LogP contribution in [0.3, 0.4) is 0 Å². The van der Waals surface area contributed by atoms with Crippen LogP contribution in [-0.2, 0) is 76.2 Å². The Morgan fingerprint density at radius 3 is 1.86 bits per heavy atom. The van der Waals surface area contributed by atoms with Crippen LogP contribution in [0.5, 0.6) is 0 Å². The number of carbonyl (C=O) groups is 1. The van der Waals surface area contributed by atoms with Gasteiger partial charge in [0, 0.05) is 20.5 Å². The van der Waals surface area contributed by atoms with Gasteiger partial charge in [-0.3, -0.25) is 8.98 Å². The molecular formula is C61H99NaO29S. The average molecular weight is 1350 g/mol. The first-order valence-electron chi connectivity index (χ1n) is 31.7. The fraction of sp³-hybridized carbons (Fsp3) is 0.918. The zero-order valence-corrected chi connectivity index (χ0v) is 57.3. The summed E-state index contributed by atoms with van der Waals surface area (Å²) in [4.78, 5) is 12.5. The second-order valence-corrected chi connectivity index (χ2v) is 29.4. The molecule has 9 aliphatic rings. The van der Waals surface area contributed by atoms with E-state index in [0.717, 1.165) is 31.3 Å². The first kappa shape index (κ1) is 76.7. The SMILES string of the molecule is CO[C@@H]1[C@@H](O)[C@H](O[C@@H]2[C@@H](O)[C@H](O[C@H]3[C@H](O)[C@@H](O[C@@H]4OC[C@@H](O)[C@H](O)[C@H]4O)[C@H](O[C@H]4[C@H](OC5CC[C@]6(C)C7=CC[C@]8(C)[C@@H]([C@@](C)(O)[C@@H](CC=C(C)C)OC(C)=O)CC[C@@]8(C)[C@@H]7CCC6C5(C)C)OC[C@@H](OS(=O)(=O)[O-])[C@@H]4O)O[C@@H]3C)O[C@H](CO)[C@H]2O)O[C@H](CO)[C@H]1O.[Na+]. The molecule has 2 unspecified atom stereocenters. The Morgan fingerprint density at radius 1 is 0.685 bits per heavy atom. The maximum atomic E-state index is 12.6. The average Bonchev–Trinajstić information content (AvgIpc) is 1.36. The molecule has 12 N–H and O–H groups in total. The maximum absolute atomic E-state index is 12.6. The summed E-state index contributed by atoms with van der Waals surface area (Å²) in [7, 11) is -4.34. The van der Waals surface area contributed by atoms with Gasteiger partial charge in [0.25, 0.3) is 0 Å². The summed E-state index contributed by atoms with van der Waals surface area (Å²) in [6.07, 6.45) is -32.6. The Labute approximate surface area is 559 Å². The Balaban J connectivity index is 0.0000109. The molecule has 0 bridgehead atoms. The van der Waals surface area contributed by atoms with Crippen molar-refractivity contribution in [2.75, 3.05) is 33.5 Å². The molecule has 0 aromatic heterocycles. The van der Waals surface area contributed by atoms with E-state index in [1.165, 1.54) is 26.5 Å². The van der Waals surface area contributed by atoms with Crippen LogP contribution in [0.15, 0.2) is 23.3 Å². The minimum Gasteiger partial charge on any atom is -0.726 e. The van der Waals surface area contributed by atoms with Gasteiger partial charge >= 0.3 is 35.5 Å². The molecule has 5 heterocycles. The minimum absolute atomic E-state index is 0. The van der Waals surface area contributed by atoms with Gasteiger partial charge in [0.2, 0.25) is 10.4 Å². The number of ether oxygens (including phenoxy) is 12. The molecule has 8 fully saturated rings. The first-order valence-corrected chi connectivity index (χ1v) is 33.0. The molecule has 0 spiro atoms. The zero-order valence-electron chi connectivity index (χ0n) is 54.5. The summed E-state index contributed by atoms with van der Waals surface area (Å²) in [5, 5.41) is 134. The van der Waals surface area contributed by atoms with Crippen LogP contribution in [0.2, 0.25) is 0 Å². The summed E-state index contributed by atoms with van der Waals surface area (Å²) in [6.45, 7) is 16.6. The van der Waals surface area contributed by atoms with Crippen LogP contribution in [0.25, 0.3) is 0 Å². The Morgan fingerprint density at radius 2 is 1.26 bits per heavy atom. The Bertz CT molecular complexity index is 2670. The molecule has 524 valence electrons. The quantitative estimate of drug-likeness (QED) is 0.0137. The third-order valence-corrected chi connectivity index (χ3v) is 22.9. The second-order valence-electron chi connectivity index (χ2n) is 28.4. The molecule has 4 aliphatic carbocycles. The van der Waals surface area contributed by atoms with E-state index in [-0.39, 0.29) is 63.6 Å². The number of carbonyl (C=O) groups excluding carboxylic acids is 1. The van der Waals surface area contributed by atoms with Gasteiger partial charge in [-0.2, -0.15) is 0 Å². The van der Waals surface area contributed by atoms with Gasteiger partial charge in [-0.25, -0.2) is 8.42 Å². The fourth-order valence-corrected chi connectivity index (χ4v) is 17.7. The van der Waals surface area contributed by atoms with E-state index < -0.39 is 207 Å². The molecule has 0 radical (unpaired) electrons. The van der Waals surface area contributed by atoms with E-state index in [9.17, 15) is 79.0 Å².